The Morgan fingerprint density at radius 2 is 2.09 bits per heavy atom. The Kier molecular flexibility index (Phi) is 17.3. The van der Waals surface area contributed by atoms with E-state index in [0.717, 1.165) is 12.7 Å². The number of methoxy groups -OCH3 is 1. The molecule has 1 aromatic heterocycles. The molecule has 0 aliphatic heterocycles. The predicted octanol–water partition coefficient (Wildman–Crippen LogP) is 4.04. The van der Waals surface area contributed by atoms with Gasteiger partial charge in [0.2, 0.25) is 0 Å². The molecule has 3 nitrogen and oxygen atoms in total. The van der Waals surface area contributed by atoms with Gasteiger partial charge >= 0.3 is 0 Å². The number of hydrogen-bond acceptors (Lipinski definition) is 2. The van der Waals surface area contributed by atoms with Gasteiger partial charge in [-0.15, -0.1) is 0 Å². The highest BCUT2D eigenvalue weighted by Crippen LogP contribution is 1.93. The molecule has 0 fully saturated rings. The minimum Gasteiger partial charge on any atom is -0.327 e. The first-order valence-electron chi connectivity index (χ1n) is 7.59. The molecule has 22 heavy (non-hydrogen) atoms. The van der Waals surface area contributed by atoms with Crippen LogP contribution in [0.3, 0.4) is 0 Å². The quantitative estimate of drug-likeness (QED) is 0.344. The van der Waals surface area contributed by atoms with E-state index in [-0.39, 0.29) is 0 Å². The smallest absolute Gasteiger partial charge is 0.252 e. The maximum absolute atomic E-state index is 10.1. The van der Waals surface area contributed by atoms with Crippen LogP contribution in [-0.2, 0) is 22.7 Å². The third kappa shape index (κ3) is 11.8. The van der Waals surface area contributed by atoms with Gasteiger partial charge in [0.05, 0.1) is 0 Å². The molecule has 3 heteroatoms. The molecule has 1 heterocycles. The molecule has 0 atom stereocenters. The monoisotopic (exact) mass is 304 g/mol. The highest BCUT2D eigenvalue weighted by atomic mass is 16.5. The van der Waals surface area contributed by atoms with Gasteiger partial charge in [-0.05, 0) is 19.4 Å². The van der Waals surface area contributed by atoms with Crippen LogP contribution in [0, 0.1) is 0 Å². The highest BCUT2D eigenvalue weighted by Gasteiger charge is 1.98. The van der Waals surface area contributed by atoms with Gasteiger partial charge in [0.1, 0.15) is 6.29 Å². The number of aromatic nitrogens is 1. The van der Waals surface area contributed by atoms with E-state index in [1.807, 2.05) is 43.7 Å². The Bertz CT molecular complexity index is 452. The maximum Gasteiger partial charge on any atom is 0.252 e. The van der Waals surface area contributed by atoms with Gasteiger partial charge in [-0.3, -0.25) is 4.79 Å². The van der Waals surface area contributed by atoms with Crippen LogP contribution in [0.4, 0.5) is 0 Å². The van der Waals surface area contributed by atoms with Crippen molar-refractivity contribution in [3.63, 3.8) is 0 Å². The number of pyridine rings is 1. The number of carbonyl (C=O) groups is 1. The number of aldehydes is 1. The summed E-state index contributed by atoms with van der Waals surface area (Å²) >= 11 is 0. The van der Waals surface area contributed by atoms with Crippen molar-refractivity contribution in [2.45, 2.75) is 40.8 Å². The number of hydrogen-bond donors (Lipinski definition) is 0. The van der Waals surface area contributed by atoms with E-state index in [1.165, 1.54) is 11.6 Å². The zero-order valence-electron chi connectivity index (χ0n) is 14.6. The third-order valence-electron chi connectivity index (χ3n) is 2.46. The van der Waals surface area contributed by atoms with Gasteiger partial charge in [0.25, 0.3) is 6.73 Å². The van der Waals surface area contributed by atoms with Gasteiger partial charge in [-0.1, -0.05) is 51.7 Å². The zero-order chi connectivity index (χ0) is 17.2. The van der Waals surface area contributed by atoms with Crippen LogP contribution in [0.15, 0.2) is 61.0 Å². The lowest BCUT2D eigenvalue weighted by Gasteiger charge is -1.95. The molecule has 0 saturated carbocycles. The summed E-state index contributed by atoms with van der Waals surface area (Å²) in [5.74, 6) is 0. The predicted molar refractivity (Wildman–Crippen MR) is 93.5 cm³/mol. The molecule has 0 radical (unpaired) electrons. The van der Waals surface area contributed by atoms with Crippen molar-refractivity contribution in [2.75, 3.05) is 7.11 Å². The second-order valence-electron chi connectivity index (χ2n) is 4.01. The van der Waals surface area contributed by atoms with Gasteiger partial charge < -0.3 is 4.74 Å². The first kappa shape index (κ1) is 22.3. The van der Waals surface area contributed by atoms with Crippen molar-refractivity contribution in [2.24, 2.45) is 0 Å². The van der Waals surface area contributed by atoms with Crippen molar-refractivity contribution in [3.8, 4) is 0 Å². The Labute approximate surface area is 135 Å². The van der Waals surface area contributed by atoms with Gasteiger partial charge in [0, 0.05) is 24.3 Å². The lowest BCUT2D eigenvalue weighted by atomic mass is 10.2. The Morgan fingerprint density at radius 3 is 2.55 bits per heavy atom. The number of nitrogens with zero attached hydrogens (tertiary/aromatic N) is 1. The van der Waals surface area contributed by atoms with Gasteiger partial charge in [-0.25, -0.2) is 0 Å². The summed E-state index contributed by atoms with van der Waals surface area (Å²) in [6, 6.07) is 4.16. The van der Waals surface area contributed by atoms with Crippen molar-refractivity contribution >= 4 is 6.29 Å². The summed E-state index contributed by atoms with van der Waals surface area (Å²) in [5.41, 5.74) is 1.94. The molecule has 122 valence electrons. The van der Waals surface area contributed by atoms with Crippen LogP contribution in [0.25, 0.3) is 0 Å². The first-order valence-corrected chi connectivity index (χ1v) is 7.59. The van der Waals surface area contributed by atoms with E-state index < -0.39 is 0 Å². The lowest BCUT2D eigenvalue weighted by molar-refractivity contribution is -0.731. The molecule has 0 N–H and O–H groups in total. The molecular weight excluding hydrogens is 274 g/mol. The maximum atomic E-state index is 10.1. The number of allylic oxidation sites excluding steroid dienone is 5. The molecule has 0 saturated heterocycles. The summed E-state index contributed by atoms with van der Waals surface area (Å²) < 4.78 is 7.02. The van der Waals surface area contributed by atoms with Crippen LogP contribution in [0.2, 0.25) is 0 Å². The van der Waals surface area contributed by atoms with Crippen LogP contribution in [0.5, 0.6) is 0 Å². The van der Waals surface area contributed by atoms with E-state index in [9.17, 15) is 4.79 Å². The Morgan fingerprint density at radius 1 is 1.41 bits per heavy atom. The zero-order valence-corrected chi connectivity index (χ0v) is 14.6. The standard InChI is InChI=1S/C9H14NO.C8H10O.C2H6/c1-3-9-5-4-6-10(7-9)8-11-2;1-3-5-6-8(4-2)7-9;1-2/h4-7H,3,8H2,1-2H3;3-7H,2H2,1H3;1-2H3/q+1;;/b;5-3-,8-6+;. The van der Waals surface area contributed by atoms with Crippen molar-refractivity contribution in [1.82, 2.24) is 0 Å². The van der Waals surface area contributed by atoms with E-state index in [0.29, 0.717) is 12.3 Å². The van der Waals surface area contributed by atoms with Gasteiger partial charge in [0.15, 0.2) is 12.4 Å². The molecule has 0 amide bonds. The van der Waals surface area contributed by atoms with E-state index >= 15 is 0 Å². The number of carbonyl (C=O) groups excluding carboxylic acids is 1. The molecule has 0 spiro atoms. The largest absolute Gasteiger partial charge is 0.327 e. The lowest BCUT2D eigenvalue weighted by Crippen LogP contribution is -2.34. The topological polar surface area (TPSA) is 30.2 Å². The summed E-state index contributed by atoms with van der Waals surface area (Å²) in [6.07, 6.45) is 12.8. The average molecular weight is 304 g/mol. The molecule has 0 bridgehead atoms. The molecular formula is C19H30NO2+. The summed E-state index contributed by atoms with van der Waals surface area (Å²) in [5, 5.41) is 0. The number of rotatable bonds is 6. The molecule has 1 rings (SSSR count). The SMILES string of the molecule is C=C/C(C=O)=C\C=C/C.CC.CCc1ccc[n+](COC)c1. The van der Waals surface area contributed by atoms with Crippen molar-refractivity contribution in [1.29, 1.82) is 0 Å². The highest BCUT2D eigenvalue weighted by molar-refractivity contribution is 5.77. The van der Waals surface area contributed by atoms with E-state index in [1.54, 1.807) is 19.3 Å². The minimum atomic E-state index is 0.605. The fourth-order valence-corrected chi connectivity index (χ4v) is 1.38. The fraction of sp³-hybridized carbons (Fsp3) is 0.368. The third-order valence-corrected chi connectivity index (χ3v) is 2.46. The summed E-state index contributed by atoms with van der Waals surface area (Å²) in [4.78, 5) is 10.1. The van der Waals surface area contributed by atoms with Gasteiger partial charge in [-0.2, -0.15) is 4.57 Å². The minimum absolute atomic E-state index is 0.605. The Hall–Kier alpha value is -2.00. The second-order valence-corrected chi connectivity index (χ2v) is 4.01. The summed E-state index contributed by atoms with van der Waals surface area (Å²) in [7, 11) is 1.70. The van der Waals surface area contributed by atoms with Crippen LogP contribution >= 0.6 is 0 Å². The van der Waals surface area contributed by atoms with Crippen LogP contribution in [-0.4, -0.2) is 13.4 Å². The number of aryl methyl sites for hydroxylation is 1. The molecule has 0 aliphatic rings. The molecule has 0 aliphatic carbocycles. The second kappa shape index (κ2) is 17.1. The van der Waals surface area contributed by atoms with Crippen molar-refractivity contribution in [3.05, 3.63) is 66.5 Å². The van der Waals surface area contributed by atoms with Crippen LogP contribution < -0.4 is 4.57 Å². The number of ether oxygens (including phenoxy) is 1. The molecule has 1 aromatic rings. The summed E-state index contributed by atoms with van der Waals surface area (Å²) in [6.45, 7) is 12.1. The molecule has 0 unspecified atom stereocenters. The Balaban J connectivity index is 0. The molecule has 0 aromatic carbocycles. The fourth-order valence-electron chi connectivity index (χ4n) is 1.38. The average Bonchev–Trinajstić information content (AvgIpc) is 2.59. The van der Waals surface area contributed by atoms with Crippen LogP contribution in [0.1, 0.15) is 33.3 Å². The first-order chi connectivity index (χ1) is 10.7. The normalized spacial score (nSPS) is 10.1. The van der Waals surface area contributed by atoms with E-state index in [4.69, 9.17) is 4.74 Å². The van der Waals surface area contributed by atoms with Crippen molar-refractivity contribution < 1.29 is 14.1 Å². The van der Waals surface area contributed by atoms with E-state index in [2.05, 4.69) is 25.8 Å².